The van der Waals surface area contributed by atoms with Gasteiger partial charge in [0.05, 0.1) is 11.4 Å². The Morgan fingerprint density at radius 1 is 1.10 bits per heavy atom. The Morgan fingerprint density at radius 2 is 1.80 bits per heavy atom. The number of anilines is 2. The van der Waals surface area contributed by atoms with Crippen molar-refractivity contribution in [1.82, 2.24) is 0 Å². The monoisotopic (exact) mass is 344 g/mol. The minimum atomic E-state index is -1.18. The Morgan fingerprint density at radius 3 is 2.45 bits per heavy atom. The molecule has 3 nitrogen and oxygen atoms in total. The van der Waals surface area contributed by atoms with Crippen molar-refractivity contribution in [3.8, 4) is 0 Å². The van der Waals surface area contributed by atoms with E-state index in [4.69, 9.17) is 5.73 Å². The molecule has 7 heteroatoms. The normalized spacial score (nSPS) is 10.4. The van der Waals surface area contributed by atoms with Crippen LogP contribution >= 0.6 is 15.9 Å². The molecule has 2 aromatic carbocycles. The molecule has 0 atom stereocenters. The van der Waals surface area contributed by atoms with Crippen LogP contribution in [0.5, 0.6) is 0 Å². The second-order valence-electron chi connectivity index (χ2n) is 3.90. The molecule has 104 valence electrons. The number of halogens is 4. The maximum Gasteiger partial charge on any atom is 0.261 e. The van der Waals surface area contributed by atoms with Crippen LogP contribution in [0.15, 0.2) is 34.8 Å². The topological polar surface area (TPSA) is 55.1 Å². The van der Waals surface area contributed by atoms with E-state index in [0.29, 0.717) is 4.47 Å². The van der Waals surface area contributed by atoms with Crippen LogP contribution in [0, 0.1) is 17.5 Å². The fraction of sp³-hybridized carbons (Fsp3) is 0. The highest BCUT2D eigenvalue weighted by atomic mass is 79.9. The predicted molar refractivity (Wildman–Crippen MR) is 72.8 cm³/mol. The molecule has 2 rings (SSSR count). The van der Waals surface area contributed by atoms with Crippen LogP contribution in [-0.2, 0) is 0 Å². The molecule has 0 aliphatic carbocycles. The van der Waals surface area contributed by atoms with Gasteiger partial charge in [0, 0.05) is 4.47 Å². The first-order valence-electron chi connectivity index (χ1n) is 5.40. The lowest BCUT2D eigenvalue weighted by Crippen LogP contribution is -2.17. The van der Waals surface area contributed by atoms with Crippen LogP contribution in [0.1, 0.15) is 10.4 Å². The maximum atomic E-state index is 13.7. The molecule has 2 aromatic rings. The van der Waals surface area contributed by atoms with Crippen molar-refractivity contribution in [2.24, 2.45) is 0 Å². The first-order chi connectivity index (χ1) is 9.40. The Hall–Kier alpha value is -2.02. The van der Waals surface area contributed by atoms with Crippen LogP contribution in [0.4, 0.5) is 24.5 Å². The van der Waals surface area contributed by atoms with Crippen LogP contribution in [0.25, 0.3) is 0 Å². The summed E-state index contributed by atoms with van der Waals surface area (Å²) < 4.78 is 41.2. The highest BCUT2D eigenvalue weighted by molar-refractivity contribution is 9.10. The molecule has 0 heterocycles. The van der Waals surface area contributed by atoms with Gasteiger partial charge in [0.25, 0.3) is 5.91 Å². The second kappa shape index (κ2) is 5.54. The molecule has 20 heavy (non-hydrogen) atoms. The zero-order chi connectivity index (χ0) is 14.9. The zero-order valence-electron chi connectivity index (χ0n) is 9.88. The Balaban J connectivity index is 2.36. The van der Waals surface area contributed by atoms with Gasteiger partial charge < -0.3 is 11.1 Å². The molecule has 3 N–H and O–H groups in total. The van der Waals surface area contributed by atoms with E-state index in [2.05, 4.69) is 21.2 Å². The third-order valence-electron chi connectivity index (χ3n) is 2.53. The molecule has 0 aliphatic heterocycles. The van der Waals surface area contributed by atoms with Gasteiger partial charge in [-0.1, -0.05) is 15.9 Å². The molecular weight excluding hydrogens is 337 g/mol. The SMILES string of the molecule is Nc1ccc(F)c(C(=O)Nc2ccc(Br)cc2F)c1F. The molecule has 0 unspecified atom stereocenters. The van der Waals surface area contributed by atoms with Gasteiger partial charge in [-0.3, -0.25) is 4.79 Å². The van der Waals surface area contributed by atoms with E-state index in [1.165, 1.54) is 12.1 Å². The predicted octanol–water partition coefficient (Wildman–Crippen LogP) is 3.70. The average molecular weight is 345 g/mol. The highest BCUT2D eigenvalue weighted by Crippen LogP contribution is 2.23. The number of carbonyl (C=O) groups excluding carboxylic acids is 1. The first kappa shape index (κ1) is 14.4. The van der Waals surface area contributed by atoms with Crippen molar-refractivity contribution >= 4 is 33.2 Å². The Labute approximate surface area is 120 Å². The largest absolute Gasteiger partial charge is 0.396 e. The summed E-state index contributed by atoms with van der Waals surface area (Å²) in [4.78, 5) is 11.8. The minimum absolute atomic E-state index is 0.195. The average Bonchev–Trinajstić information content (AvgIpc) is 2.38. The van der Waals surface area contributed by atoms with Crippen LogP contribution in [-0.4, -0.2) is 5.91 Å². The van der Waals surface area contributed by atoms with Crippen molar-refractivity contribution in [1.29, 1.82) is 0 Å². The smallest absolute Gasteiger partial charge is 0.261 e. The van der Waals surface area contributed by atoms with E-state index in [-0.39, 0.29) is 11.4 Å². The summed E-state index contributed by atoms with van der Waals surface area (Å²) >= 11 is 3.05. The minimum Gasteiger partial charge on any atom is -0.396 e. The Kier molecular flexibility index (Phi) is 3.99. The molecule has 0 saturated carbocycles. The standard InChI is InChI=1S/C13H8BrF3N2O/c14-6-1-4-10(8(16)5-6)19-13(20)11-7(15)2-3-9(18)12(11)17/h1-5H,18H2,(H,19,20). The maximum absolute atomic E-state index is 13.7. The van der Waals surface area contributed by atoms with E-state index in [9.17, 15) is 18.0 Å². The number of benzene rings is 2. The van der Waals surface area contributed by atoms with Crippen molar-refractivity contribution in [3.63, 3.8) is 0 Å². The lowest BCUT2D eigenvalue weighted by Gasteiger charge is -2.09. The van der Waals surface area contributed by atoms with Gasteiger partial charge in [0.2, 0.25) is 0 Å². The number of hydrogen-bond donors (Lipinski definition) is 2. The summed E-state index contributed by atoms with van der Waals surface area (Å²) in [6, 6.07) is 5.72. The number of nitrogens with two attached hydrogens (primary N) is 1. The van der Waals surface area contributed by atoms with E-state index in [0.717, 1.165) is 18.2 Å². The number of nitrogen functional groups attached to an aromatic ring is 1. The third-order valence-corrected chi connectivity index (χ3v) is 3.02. The lowest BCUT2D eigenvalue weighted by molar-refractivity contribution is 0.101. The fourth-order valence-corrected chi connectivity index (χ4v) is 1.89. The van der Waals surface area contributed by atoms with Crippen LogP contribution in [0.3, 0.4) is 0 Å². The number of amides is 1. The molecule has 0 aromatic heterocycles. The lowest BCUT2D eigenvalue weighted by atomic mass is 10.1. The number of carbonyl (C=O) groups is 1. The number of nitrogens with one attached hydrogen (secondary N) is 1. The summed E-state index contributed by atoms with van der Waals surface area (Å²) in [6.07, 6.45) is 0. The second-order valence-corrected chi connectivity index (χ2v) is 4.82. The summed E-state index contributed by atoms with van der Waals surface area (Å²) in [5, 5.41) is 2.09. The van der Waals surface area contributed by atoms with Gasteiger partial charge in [-0.2, -0.15) is 0 Å². The molecule has 0 spiro atoms. The quantitative estimate of drug-likeness (QED) is 0.816. The summed E-state index contributed by atoms with van der Waals surface area (Å²) in [5.41, 5.74) is 3.85. The molecule has 0 bridgehead atoms. The van der Waals surface area contributed by atoms with Gasteiger partial charge in [-0.25, -0.2) is 13.2 Å². The van der Waals surface area contributed by atoms with Crippen molar-refractivity contribution < 1.29 is 18.0 Å². The van der Waals surface area contributed by atoms with Crippen molar-refractivity contribution in [3.05, 3.63) is 57.8 Å². The molecule has 0 saturated heterocycles. The number of hydrogen-bond acceptors (Lipinski definition) is 2. The van der Waals surface area contributed by atoms with Gasteiger partial charge >= 0.3 is 0 Å². The van der Waals surface area contributed by atoms with Gasteiger partial charge in [-0.05, 0) is 30.3 Å². The summed E-state index contributed by atoms with van der Waals surface area (Å²) in [6.45, 7) is 0. The fourth-order valence-electron chi connectivity index (χ4n) is 1.55. The van der Waals surface area contributed by atoms with E-state index in [1.54, 1.807) is 0 Å². The van der Waals surface area contributed by atoms with Crippen molar-refractivity contribution in [2.75, 3.05) is 11.1 Å². The summed E-state index contributed by atoms with van der Waals surface area (Å²) in [5.74, 6) is -4.11. The summed E-state index contributed by atoms with van der Waals surface area (Å²) in [7, 11) is 0. The van der Waals surface area contributed by atoms with Gasteiger partial charge in [0.15, 0.2) is 5.82 Å². The van der Waals surface area contributed by atoms with E-state index < -0.39 is 28.9 Å². The van der Waals surface area contributed by atoms with Crippen LogP contribution < -0.4 is 11.1 Å². The molecule has 0 fully saturated rings. The van der Waals surface area contributed by atoms with E-state index >= 15 is 0 Å². The third kappa shape index (κ3) is 2.77. The Bertz CT molecular complexity index is 692. The van der Waals surface area contributed by atoms with E-state index in [1.807, 2.05) is 0 Å². The van der Waals surface area contributed by atoms with Gasteiger partial charge in [0.1, 0.15) is 17.2 Å². The molecular formula is C13H8BrF3N2O. The van der Waals surface area contributed by atoms with Gasteiger partial charge in [-0.15, -0.1) is 0 Å². The number of rotatable bonds is 2. The molecule has 1 amide bonds. The zero-order valence-corrected chi connectivity index (χ0v) is 11.5. The molecule has 0 radical (unpaired) electrons. The highest BCUT2D eigenvalue weighted by Gasteiger charge is 2.20. The molecule has 0 aliphatic rings. The first-order valence-corrected chi connectivity index (χ1v) is 6.19. The van der Waals surface area contributed by atoms with Crippen LogP contribution in [0.2, 0.25) is 0 Å². The van der Waals surface area contributed by atoms with Crippen molar-refractivity contribution in [2.45, 2.75) is 0 Å².